The van der Waals surface area contributed by atoms with Crippen LogP contribution in [0.3, 0.4) is 0 Å². The molecule has 1 unspecified atom stereocenters. The molecule has 0 radical (unpaired) electrons. The van der Waals surface area contributed by atoms with Crippen LogP contribution in [0.1, 0.15) is 24.1 Å². The molecule has 0 bridgehead atoms. The highest BCUT2D eigenvalue weighted by molar-refractivity contribution is 6.31. The minimum absolute atomic E-state index is 0.0463. The SMILES string of the molecule is C=C1C=C(C(=O)NCC(CO)c2cc3c(c(-c4cc(Cl)c(F)cc4F)n2)OC[C@]3(C)C(N)=O)C=C(OC)C1=N. The van der Waals surface area contributed by atoms with Gasteiger partial charge in [-0.05, 0) is 36.8 Å². The van der Waals surface area contributed by atoms with Crippen LogP contribution in [0.4, 0.5) is 8.78 Å². The monoisotopic (exact) mass is 558 g/mol. The van der Waals surface area contributed by atoms with E-state index < -0.39 is 41.4 Å². The molecule has 4 rings (SSSR count). The summed E-state index contributed by atoms with van der Waals surface area (Å²) in [6, 6.07) is 3.17. The number of rotatable bonds is 8. The van der Waals surface area contributed by atoms with E-state index >= 15 is 0 Å². The van der Waals surface area contributed by atoms with Crippen molar-refractivity contribution in [2.75, 3.05) is 26.9 Å². The van der Waals surface area contributed by atoms with Gasteiger partial charge >= 0.3 is 0 Å². The number of nitrogens with zero attached hydrogens (tertiary/aromatic N) is 1. The van der Waals surface area contributed by atoms with Crippen LogP contribution >= 0.6 is 11.6 Å². The first kappa shape index (κ1) is 27.9. The number of aliphatic hydroxyl groups excluding tert-OH is 1. The molecule has 1 aromatic carbocycles. The molecule has 2 atom stereocenters. The Kier molecular flexibility index (Phi) is 7.58. The molecule has 2 aliphatic rings. The highest BCUT2D eigenvalue weighted by atomic mass is 35.5. The molecule has 39 heavy (non-hydrogen) atoms. The molecule has 2 aromatic rings. The largest absolute Gasteiger partial charge is 0.494 e. The number of benzene rings is 1. The average Bonchev–Trinajstić information content (AvgIpc) is 3.25. The van der Waals surface area contributed by atoms with Crippen molar-refractivity contribution in [3.8, 4) is 17.0 Å². The normalized spacial score (nSPS) is 19.0. The number of hydrogen-bond acceptors (Lipinski definition) is 7. The Bertz CT molecular complexity index is 1490. The maximum absolute atomic E-state index is 14.9. The Morgan fingerprint density at radius 2 is 2.05 bits per heavy atom. The van der Waals surface area contributed by atoms with Crippen molar-refractivity contribution in [3.05, 3.63) is 81.7 Å². The molecule has 1 aliphatic carbocycles. The smallest absolute Gasteiger partial charge is 0.251 e. The van der Waals surface area contributed by atoms with Crippen molar-refractivity contribution in [2.24, 2.45) is 5.73 Å². The van der Waals surface area contributed by atoms with Crippen molar-refractivity contribution in [3.63, 3.8) is 0 Å². The first-order valence-corrected chi connectivity index (χ1v) is 12.1. The summed E-state index contributed by atoms with van der Waals surface area (Å²) in [4.78, 5) is 29.7. The Balaban J connectivity index is 1.73. The van der Waals surface area contributed by atoms with Gasteiger partial charge in [0, 0.05) is 40.9 Å². The third-order valence-corrected chi connectivity index (χ3v) is 7.00. The van der Waals surface area contributed by atoms with Crippen molar-refractivity contribution < 1.29 is 33.0 Å². The lowest BCUT2D eigenvalue weighted by molar-refractivity contribution is -0.123. The van der Waals surface area contributed by atoms with E-state index in [4.69, 9.17) is 32.2 Å². The van der Waals surface area contributed by atoms with Gasteiger partial charge in [-0.25, -0.2) is 13.8 Å². The summed E-state index contributed by atoms with van der Waals surface area (Å²) in [6.45, 7) is 4.55. The number of hydrogen-bond donors (Lipinski definition) is 4. The Morgan fingerprint density at radius 3 is 2.69 bits per heavy atom. The van der Waals surface area contributed by atoms with E-state index in [1.54, 1.807) is 6.92 Å². The van der Waals surface area contributed by atoms with Crippen LogP contribution < -0.4 is 15.8 Å². The summed E-state index contributed by atoms with van der Waals surface area (Å²) >= 11 is 5.91. The number of ether oxygens (including phenoxy) is 2. The first-order valence-electron chi connectivity index (χ1n) is 11.7. The minimum Gasteiger partial charge on any atom is -0.494 e. The fourth-order valence-corrected chi connectivity index (χ4v) is 4.41. The van der Waals surface area contributed by atoms with Crippen LogP contribution in [0, 0.1) is 17.0 Å². The van der Waals surface area contributed by atoms with E-state index in [0.717, 1.165) is 6.07 Å². The van der Waals surface area contributed by atoms with Crippen molar-refractivity contribution >= 4 is 29.1 Å². The van der Waals surface area contributed by atoms with E-state index in [1.165, 1.54) is 25.3 Å². The molecule has 1 aliphatic heterocycles. The summed E-state index contributed by atoms with van der Waals surface area (Å²) in [5, 5.41) is 20.5. The quantitative estimate of drug-likeness (QED) is 0.366. The number of nitrogens with two attached hydrogens (primary N) is 1. The molecule has 12 heteroatoms. The van der Waals surface area contributed by atoms with E-state index in [1.807, 2.05) is 0 Å². The Labute approximate surface area is 227 Å². The second-order valence-electron chi connectivity index (χ2n) is 9.31. The maximum Gasteiger partial charge on any atom is 0.251 e. The number of primary amides is 1. The Morgan fingerprint density at radius 1 is 1.33 bits per heavy atom. The summed E-state index contributed by atoms with van der Waals surface area (Å²) in [7, 11) is 1.37. The van der Waals surface area contributed by atoms with Crippen LogP contribution in [0.15, 0.2) is 53.8 Å². The van der Waals surface area contributed by atoms with Gasteiger partial charge in [0.05, 0.1) is 18.7 Å². The van der Waals surface area contributed by atoms with Gasteiger partial charge < -0.3 is 25.6 Å². The number of carbonyl (C=O) groups excluding carboxylic acids is 2. The second-order valence-corrected chi connectivity index (χ2v) is 9.71. The van der Waals surface area contributed by atoms with Crippen molar-refractivity contribution in [1.82, 2.24) is 10.3 Å². The lowest BCUT2D eigenvalue weighted by atomic mass is 9.82. The third-order valence-electron chi connectivity index (χ3n) is 6.72. The molecular formula is C27H25ClF2N4O5. The van der Waals surface area contributed by atoms with Crippen LogP contribution in [0.2, 0.25) is 5.02 Å². The molecule has 2 heterocycles. The molecule has 0 saturated heterocycles. The van der Waals surface area contributed by atoms with Crippen LogP contribution in [0.5, 0.6) is 5.75 Å². The zero-order chi connectivity index (χ0) is 28.6. The highest BCUT2D eigenvalue weighted by Crippen LogP contribution is 2.46. The van der Waals surface area contributed by atoms with Crippen LogP contribution in [-0.4, -0.2) is 54.5 Å². The lowest BCUT2D eigenvalue weighted by Crippen LogP contribution is -2.40. The maximum atomic E-state index is 14.9. The molecule has 0 fully saturated rings. The zero-order valence-corrected chi connectivity index (χ0v) is 21.8. The van der Waals surface area contributed by atoms with Gasteiger partial charge in [-0.3, -0.25) is 15.0 Å². The van der Waals surface area contributed by atoms with Crippen molar-refractivity contribution in [1.29, 1.82) is 5.41 Å². The van der Waals surface area contributed by atoms with Gasteiger partial charge in [0.25, 0.3) is 5.91 Å². The third kappa shape index (κ3) is 5.02. The van der Waals surface area contributed by atoms with E-state index in [9.17, 15) is 23.5 Å². The highest BCUT2D eigenvalue weighted by Gasteiger charge is 2.44. The molecule has 9 nitrogen and oxygen atoms in total. The number of halogens is 3. The number of nitrogens with one attached hydrogen (secondary N) is 2. The first-order chi connectivity index (χ1) is 18.4. The number of allylic oxidation sites excluding steroid dienone is 2. The van der Waals surface area contributed by atoms with E-state index in [-0.39, 0.29) is 63.5 Å². The fraction of sp³-hybridized carbons (Fsp3) is 0.259. The molecule has 0 saturated carbocycles. The van der Waals surface area contributed by atoms with Gasteiger partial charge in [0.15, 0.2) is 0 Å². The molecular weight excluding hydrogens is 534 g/mol. The number of pyridine rings is 1. The number of amides is 2. The van der Waals surface area contributed by atoms with Gasteiger partial charge in [0.1, 0.15) is 46.6 Å². The van der Waals surface area contributed by atoms with Crippen molar-refractivity contribution in [2.45, 2.75) is 18.3 Å². The average molecular weight is 559 g/mol. The summed E-state index contributed by atoms with van der Waals surface area (Å²) in [5.41, 5.74) is 5.13. The molecule has 204 valence electrons. The van der Waals surface area contributed by atoms with E-state index in [0.29, 0.717) is 11.6 Å². The molecule has 0 spiro atoms. The summed E-state index contributed by atoms with van der Waals surface area (Å²) in [5.74, 6) is -3.73. The van der Waals surface area contributed by atoms with E-state index in [2.05, 4.69) is 16.9 Å². The zero-order valence-electron chi connectivity index (χ0n) is 21.0. The van der Waals surface area contributed by atoms with Crippen LogP contribution in [-0.2, 0) is 19.7 Å². The van der Waals surface area contributed by atoms with Gasteiger partial charge in [-0.1, -0.05) is 18.2 Å². The lowest BCUT2D eigenvalue weighted by Gasteiger charge is -2.22. The minimum atomic E-state index is -1.30. The molecule has 5 N–H and O–H groups in total. The second kappa shape index (κ2) is 10.6. The summed E-state index contributed by atoms with van der Waals surface area (Å²) < 4.78 is 39.6. The van der Waals surface area contributed by atoms with Gasteiger partial charge in [0.2, 0.25) is 5.91 Å². The Hall–Kier alpha value is -4.09. The number of fused-ring (bicyclic) bond motifs is 1. The molecule has 1 aromatic heterocycles. The van der Waals surface area contributed by atoms with Gasteiger partial charge in [-0.15, -0.1) is 0 Å². The van der Waals surface area contributed by atoms with Crippen LogP contribution in [0.25, 0.3) is 11.3 Å². The number of aliphatic hydroxyl groups is 1. The number of aromatic nitrogens is 1. The predicted octanol–water partition coefficient (Wildman–Crippen LogP) is 3.05. The topological polar surface area (TPSA) is 148 Å². The summed E-state index contributed by atoms with van der Waals surface area (Å²) in [6.07, 6.45) is 2.82. The number of carbonyl (C=O) groups is 2. The number of methoxy groups -OCH3 is 1. The fourth-order valence-electron chi connectivity index (χ4n) is 4.25. The predicted molar refractivity (Wildman–Crippen MR) is 140 cm³/mol. The van der Waals surface area contributed by atoms with Gasteiger partial charge in [-0.2, -0.15) is 0 Å². The standard InChI is InChI=1S/C27H25ClF2N4O5/c1-12-4-13(5-21(38-3)22(12)31)25(36)33-9-14(10-35)20-7-16-24(39-11-27(16,2)26(32)37)23(34-20)15-6-17(28)19(30)8-18(15)29/h4-8,14,31,35H,1,9-11H2,2-3H3,(H2,32,37)(H,33,36)/t14?,27-/m0/s1. The molecule has 2 amide bonds.